The Kier molecular flexibility index (Phi) is 6.95. The second-order valence-corrected chi connectivity index (χ2v) is 4.99. The zero-order valence-electron chi connectivity index (χ0n) is 11.2. The molecule has 0 heterocycles. The van der Waals surface area contributed by atoms with Crippen molar-refractivity contribution in [2.45, 2.75) is 53.4 Å². The van der Waals surface area contributed by atoms with E-state index in [0.717, 1.165) is 18.4 Å². The summed E-state index contributed by atoms with van der Waals surface area (Å²) in [4.78, 5) is 0. The molecule has 0 saturated carbocycles. The van der Waals surface area contributed by atoms with Crippen molar-refractivity contribution in [1.29, 1.82) is 10.8 Å². The molecule has 0 aliphatic heterocycles. The van der Waals surface area contributed by atoms with Gasteiger partial charge in [-0.15, -0.1) is 0 Å². The van der Waals surface area contributed by atoms with Crippen molar-refractivity contribution in [3.05, 3.63) is 12.2 Å². The lowest BCUT2D eigenvalue weighted by Gasteiger charge is -2.13. The van der Waals surface area contributed by atoms with E-state index in [1.807, 2.05) is 13.8 Å². The standard InChI is InChI=1S/C14H26N2/c1-6-11(4)7-8-13(15)12(5)9-14(16)10(2)3/h10-11,15-16H,5-9H2,1-4H3. The van der Waals surface area contributed by atoms with Gasteiger partial charge in [-0.25, -0.2) is 0 Å². The summed E-state index contributed by atoms with van der Waals surface area (Å²) in [5.74, 6) is 0.941. The van der Waals surface area contributed by atoms with Crippen LogP contribution in [0.25, 0.3) is 0 Å². The van der Waals surface area contributed by atoms with Crippen LogP contribution in [0, 0.1) is 22.7 Å². The van der Waals surface area contributed by atoms with Gasteiger partial charge in [0.15, 0.2) is 0 Å². The molecule has 16 heavy (non-hydrogen) atoms. The lowest BCUT2D eigenvalue weighted by molar-refractivity contribution is 0.528. The molecule has 0 aliphatic carbocycles. The molecule has 0 spiro atoms. The normalized spacial score (nSPS) is 12.6. The molecule has 0 aromatic heterocycles. The average molecular weight is 222 g/mol. The maximum atomic E-state index is 7.90. The maximum Gasteiger partial charge on any atom is 0.0343 e. The molecule has 1 atom stereocenters. The van der Waals surface area contributed by atoms with Crippen LogP contribution in [0.1, 0.15) is 53.4 Å². The second kappa shape index (κ2) is 7.37. The van der Waals surface area contributed by atoms with Crippen LogP contribution < -0.4 is 0 Å². The molecule has 2 nitrogen and oxygen atoms in total. The van der Waals surface area contributed by atoms with Gasteiger partial charge >= 0.3 is 0 Å². The van der Waals surface area contributed by atoms with Gasteiger partial charge in [-0.1, -0.05) is 40.7 Å². The Morgan fingerprint density at radius 2 is 1.75 bits per heavy atom. The quantitative estimate of drug-likeness (QED) is 0.570. The van der Waals surface area contributed by atoms with Crippen LogP contribution in [0.15, 0.2) is 12.2 Å². The fourth-order valence-electron chi connectivity index (χ4n) is 1.31. The summed E-state index contributed by atoms with van der Waals surface area (Å²) in [6.45, 7) is 12.3. The average Bonchev–Trinajstić information content (AvgIpc) is 2.24. The van der Waals surface area contributed by atoms with Crippen molar-refractivity contribution in [2.24, 2.45) is 11.8 Å². The molecule has 0 radical (unpaired) electrons. The van der Waals surface area contributed by atoms with Gasteiger partial charge in [0.25, 0.3) is 0 Å². The Bertz CT molecular complexity index is 264. The van der Waals surface area contributed by atoms with Crippen LogP contribution in [0.4, 0.5) is 0 Å². The molecule has 2 N–H and O–H groups in total. The molecule has 0 aliphatic rings. The minimum Gasteiger partial charge on any atom is -0.309 e. The summed E-state index contributed by atoms with van der Waals surface area (Å²) in [7, 11) is 0. The summed E-state index contributed by atoms with van der Waals surface area (Å²) in [6.07, 6.45) is 3.60. The third-order valence-corrected chi connectivity index (χ3v) is 3.11. The smallest absolute Gasteiger partial charge is 0.0343 e. The molecular formula is C14H26N2. The molecule has 2 heteroatoms. The first-order valence-electron chi connectivity index (χ1n) is 6.21. The van der Waals surface area contributed by atoms with E-state index < -0.39 is 0 Å². The Morgan fingerprint density at radius 1 is 1.19 bits per heavy atom. The number of allylic oxidation sites excluding steroid dienone is 1. The molecule has 1 unspecified atom stereocenters. The molecule has 0 bridgehead atoms. The van der Waals surface area contributed by atoms with E-state index in [0.29, 0.717) is 23.8 Å². The number of hydrogen-bond donors (Lipinski definition) is 2. The van der Waals surface area contributed by atoms with Crippen molar-refractivity contribution in [3.63, 3.8) is 0 Å². The second-order valence-electron chi connectivity index (χ2n) is 4.99. The van der Waals surface area contributed by atoms with Gasteiger partial charge in [-0.05, 0) is 30.3 Å². The van der Waals surface area contributed by atoms with Gasteiger partial charge < -0.3 is 10.8 Å². The van der Waals surface area contributed by atoms with E-state index >= 15 is 0 Å². The van der Waals surface area contributed by atoms with Crippen molar-refractivity contribution in [1.82, 2.24) is 0 Å². The third-order valence-electron chi connectivity index (χ3n) is 3.11. The fourth-order valence-corrected chi connectivity index (χ4v) is 1.31. The van der Waals surface area contributed by atoms with Gasteiger partial charge in [-0.3, -0.25) is 0 Å². The Labute approximate surface area is 100 Å². The van der Waals surface area contributed by atoms with Crippen molar-refractivity contribution >= 4 is 11.4 Å². The number of rotatable bonds is 8. The van der Waals surface area contributed by atoms with Crippen molar-refractivity contribution in [3.8, 4) is 0 Å². The highest BCUT2D eigenvalue weighted by atomic mass is 14.5. The maximum absolute atomic E-state index is 7.90. The van der Waals surface area contributed by atoms with Gasteiger partial charge in [0.1, 0.15) is 0 Å². The number of hydrogen-bond acceptors (Lipinski definition) is 2. The monoisotopic (exact) mass is 222 g/mol. The zero-order chi connectivity index (χ0) is 12.7. The van der Waals surface area contributed by atoms with E-state index in [1.165, 1.54) is 6.42 Å². The molecule has 92 valence electrons. The summed E-state index contributed by atoms with van der Waals surface area (Å²) < 4.78 is 0. The molecule has 0 saturated heterocycles. The predicted octanol–water partition coefficient (Wildman–Crippen LogP) is 4.45. The van der Waals surface area contributed by atoms with E-state index in [1.54, 1.807) is 0 Å². The highest BCUT2D eigenvalue weighted by Crippen LogP contribution is 2.15. The van der Waals surface area contributed by atoms with Crippen LogP contribution in [0.5, 0.6) is 0 Å². The van der Waals surface area contributed by atoms with Crippen LogP contribution in [-0.4, -0.2) is 11.4 Å². The topological polar surface area (TPSA) is 47.7 Å². The van der Waals surface area contributed by atoms with Gasteiger partial charge in [0.05, 0.1) is 0 Å². The zero-order valence-corrected chi connectivity index (χ0v) is 11.2. The van der Waals surface area contributed by atoms with Gasteiger partial charge in [-0.2, -0.15) is 0 Å². The first-order chi connectivity index (χ1) is 7.38. The Morgan fingerprint density at radius 3 is 2.19 bits per heavy atom. The van der Waals surface area contributed by atoms with E-state index in [4.69, 9.17) is 10.8 Å². The van der Waals surface area contributed by atoms with E-state index in [-0.39, 0.29) is 5.92 Å². The van der Waals surface area contributed by atoms with Gasteiger partial charge in [0.2, 0.25) is 0 Å². The minimum absolute atomic E-state index is 0.263. The molecule has 0 fully saturated rings. The Hall–Kier alpha value is -0.920. The lowest BCUT2D eigenvalue weighted by Crippen LogP contribution is -2.11. The summed E-state index contributed by atoms with van der Waals surface area (Å²) in [5, 5.41) is 15.7. The molecular weight excluding hydrogens is 196 g/mol. The highest BCUT2D eigenvalue weighted by molar-refractivity contribution is 6.02. The predicted molar refractivity (Wildman–Crippen MR) is 72.7 cm³/mol. The molecule has 0 aromatic carbocycles. The first kappa shape index (κ1) is 15.1. The summed E-state index contributed by atoms with van der Waals surface area (Å²) >= 11 is 0. The van der Waals surface area contributed by atoms with Crippen LogP contribution in [0.3, 0.4) is 0 Å². The third kappa shape index (κ3) is 5.84. The summed E-state index contributed by atoms with van der Waals surface area (Å²) in [5.41, 5.74) is 2.13. The number of nitrogens with one attached hydrogen (secondary N) is 2. The minimum atomic E-state index is 0.263. The largest absolute Gasteiger partial charge is 0.309 e. The summed E-state index contributed by atoms with van der Waals surface area (Å²) in [6, 6.07) is 0. The van der Waals surface area contributed by atoms with E-state index in [2.05, 4.69) is 20.4 Å². The lowest BCUT2D eigenvalue weighted by atomic mass is 9.94. The molecule has 0 amide bonds. The molecule has 0 rings (SSSR count). The SMILES string of the molecule is C=C(CC(=N)C(C)C)C(=N)CCC(C)CC. The van der Waals surface area contributed by atoms with E-state index in [9.17, 15) is 0 Å². The van der Waals surface area contributed by atoms with Crippen molar-refractivity contribution in [2.75, 3.05) is 0 Å². The fraction of sp³-hybridized carbons (Fsp3) is 0.714. The van der Waals surface area contributed by atoms with Crippen LogP contribution in [-0.2, 0) is 0 Å². The first-order valence-corrected chi connectivity index (χ1v) is 6.21. The van der Waals surface area contributed by atoms with Crippen LogP contribution >= 0.6 is 0 Å². The Balaban J connectivity index is 4.01. The highest BCUT2D eigenvalue weighted by Gasteiger charge is 2.10. The van der Waals surface area contributed by atoms with Crippen molar-refractivity contribution < 1.29 is 0 Å². The molecule has 0 aromatic rings. The van der Waals surface area contributed by atoms with Gasteiger partial charge in [0, 0.05) is 17.8 Å². The van der Waals surface area contributed by atoms with Crippen LogP contribution in [0.2, 0.25) is 0 Å².